The normalized spacial score (nSPS) is 17.1. The van der Waals surface area contributed by atoms with Gasteiger partial charge < -0.3 is 19.8 Å². The minimum absolute atomic E-state index is 0.0240. The van der Waals surface area contributed by atoms with E-state index in [-0.39, 0.29) is 23.6 Å². The molecule has 1 aliphatic rings. The second-order valence-electron chi connectivity index (χ2n) is 6.17. The average Bonchev–Trinajstić information content (AvgIpc) is 3.31. The Balaban J connectivity index is 1.73. The summed E-state index contributed by atoms with van der Waals surface area (Å²) in [4.78, 5) is 25.0. The number of hydrogen-bond donors (Lipinski definition) is 2. The van der Waals surface area contributed by atoms with Crippen molar-refractivity contribution in [2.75, 3.05) is 13.2 Å². The number of carbonyl (C=O) groups is 2. The molecular formula is C20H22N2O4. The zero-order chi connectivity index (χ0) is 18.4. The third-order valence-corrected chi connectivity index (χ3v) is 4.09. The predicted molar refractivity (Wildman–Crippen MR) is 97.3 cm³/mol. The Hall–Kier alpha value is -2.86. The van der Waals surface area contributed by atoms with Crippen molar-refractivity contribution in [3.63, 3.8) is 0 Å². The molecule has 26 heavy (non-hydrogen) atoms. The van der Waals surface area contributed by atoms with Gasteiger partial charge in [0.1, 0.15) is 17.2 Å². The van der Waals surface area contributed by atoms with Gasteiger partial charge in [-0.3, -0.25) is 9.59 Å². The van der Waals surface area contributed by atoms with Gasteiger partial charge in [0.15, 0.2) is 0 Å². The van der Waals surface area contributed by atoms with Crippen molar-refractivity contribution in [2.24, 2.45) is 0 Å². The van der Waals surface area contributed by atoms with Crippen LogP contribution < -0.4 is 10.6 Å². The Morgan fingerprint density at radius 2 is 2.00 bits per heavy atom. The molecule has 0 bridgehead atoms. The van der Waals surface area contributed by atoms with Crippen LogP contribution in [0.4, 0.5) is 0 Å². The molecular weight excluding hydrogens is 332 g/mol. The molecule has 0 aliphatic carbocycles. The number of hydrogen-bond acceptors (Lipinski definition) is 4. The lowest BCUT2D eigenvalue weighted by Crippen LogP contribution is -2.38. The van der Waals surface area contributed by atoms with E-state index < -0.39 is 0 Å². The molecule has 1 unspecified atom stereocenters. The second kappa shape index (κ2) is 8.49. The highest BCUT2D eigenvalue weighted by molar-refractivity contribution is 6.05. The topological polar surface area (TPSA) is 80.6 Å². The van der Waals surface area contributed by atoms with E-state index >= 15 is 0 Å². The van der Waals surface area contributed by atoms with Gasteiger partial charge in [-0.05, 0) is 44.0 Å². The van der Waals surface area contributed by atoms with Gasteiger partial charge in [-0.1, -0.05) is 18.2 Å². The summed E-state index contributed by atoms with van der Waals surface area (Å²) in [5.74, 6) is 0.495. The average molecular weight is 354 g/mol. The van der Waals surface area contributed by atoms with E-state index in [1.54, 1.807) is 36.4 Å². The van der Waals surface area contributed by atoms with E-state index in [4.69, 9.17) is 9.15 Å². The lowest BCUT2D eigenvalue weighted by molar-refractivity contribution is -0.118. The Kier molecular flexibility index (Phi) is 5.86. The summed E-state index contributed by atoms with van der Waals surface area (Å²) in [7, 11) is 0. The maximum atomic E-state index is 12.6. The maximum Gasteiger partial charge on any atom is 0.268 e. The van der Waals surface area contributed by atoms with Crippen LogP contribution in [0.1, 0.15) is 34.7 Å². The van der Waals surface area contributed by atoms with Gasteiger partial charge in [0.2, 0.25) is 0 Å². The van der Waals surface area contributed by atoms with Crippen molar-refractivity contribution in [2.45, 2.75) is 25.9 Å². The first kappa shape index (κ1) is 17.9. The van der Waals surface area contributed by atoms with E-state index in [0.29, 0.717) is 17.9 Å². The number of amides is 2. The number of furan rings is 1. The molecule has 136 valence electrons. The van der Waals surface area contributed by atoms with Gasteiger partial charge in [-0.25, -0.2) is 0 Å². The standard InChI is InChI=1S/C20H22N2O4/c1-14-9-10-16(26-14)12-18(20(24)21-13-17-8-5-11-25-17)22-19(23)15-6-3-2-4-7-15/h2-4,6-7,9-10,12,17H,5,8,11,13H2,1H3,(H,21,24)(H,22,23). The van der Waals surface area contributed by atoms with Crippen LogP contribution in [-0.2, 0) is 9.53 Å². The van der Waals surface area contributed by atoms with Crippen molar-refractivity contribution >= 4 is 17.9 Å². The molecule has 1 aromatic carbocycles. The summed E-state index contributed by atoms with van der Waals surface area (Å²) in [6.07, 6.45) is 3.47. The highest BCUT2D eigenvalue weighted by Gasteiger charge is 2.19. The Morgan fingerprint density at radius 3 is 2.65 bits per heavy atom. The summed E-state index contributed by atoms with van der Waals surface area (Å²) in [5, 5.41) is 5.50. The molecule has 6 heteroatoms. The molecule has 2 heterocycles. The van der Waals surface area contributed by atoms with Crippen LogP contribution in [0.15, 0.2) is 52.6 Å². The van der Waals surface area contributed by atoms with Crippen molar-refractivity contribution < 1.29 is 18.7 Å². The van der Waals surface area contributed by atoms with Crippen molar-refractivity contribution in [3.05, 3.63) is 65.2 Å². The molecule has 1 aromatic heterocycles. The molecule has 2 amide bonds. The van der Waals surface area contributed by atoms with E-state index in [1.165, 1.54) is 6.08 Å². The Bertz CT molecular complexity index is 789. The number of ether oxygens (including phenoxy) is 1. The van der Waals surface area contributed by atoms with Gasteiger partial charge in [0, 0.05) is 24.8 Å². The van der Waals surface area contributed by atoms with Crippen LogP contribution in [0.3, 0.4) is 0 Å². The SMILES string of the molecule is Cc1ccc(C=C(NC(=O)c2ccccc2)C(=O)NCC2CCCO2)o1. The second-order valence-corrected chi connectivity index (χ2v) is 6.17. The van der Waals surface area contributed by atoms with Crippen LogP contribution in [0.2, 0.25) is 0 Å². The van der Waals surface area contributed by atoms with Crippen molar-refractivity contribution in [1.29, 1.82) is 0 Å². The largest absolute Gasteiger partial charge is 0.462 e. The third-order valence-electron chi connectivity index (χ3n) is 4.09. The Labute approximate surface area is 152 Å². The monoisotopic (exact) mass is 354 g/mol. The number of carbonyl (C=O) groups excluding carboxylic acids is 2. The zero-order valence-electron chi connectivity index (χ0n) is 14.7. The third kappa shape index (κ3) is 4.83. The molecule has 2 aromatic rings. The molecule has 0 spiro atoms. The van der Waals surface area contributed by atoms with E-state index in [9.17, 15) is 9.59 Å². The number of benzene rings is 1. The van der Waals surface area contributed by atoms with Crippen molar-refractivity contribution in [3.8, 4) is 0 Å². The molecule has 0 saturated carbocycles. The molecule has 6 nitrogen and oxygen atoms in total. The summed E-state index contributed by atoms with van der Waals surface area (Å²) < 4.78 is 11.0. The Morgan fingerprint density at radius 1 is 1.19 bits per heavy atom. The molecule has 3 rings (SSSR count). The van der Waals surface area contributed by atoms with Crippen LogP contribution in [0.5, 0.6) is 0 Å². The lowest BCUT2D eigenvalue weighted by atomic mass is 10.2. The van der Waals surface area contributed by atoms with E-state index in [0.717, 1.165) is 25.2 Å². The molecule has 2 N–H and O–H groups in total. The van der Waals surface area contributed by atoms with Crippen LogP contribution >= 0.6 is 0 Å². The first-order valence-electron chi connectivity index (χ1n) is 8.66. The molecule has 1 atom stereocenters. The fraction of sp³-hybridized carbons (Fsp3) is 0.300. The number of aryl methyl sites for hydroxylation is 1. The first-order valence-corrected chi connectivity index (χ1v) is 8.66. The van der Waals surface area contributed by atoms with Crippen LogP contribution in [0.25, 0.3) is 6.08 Å². The molecule has 1 saturated heterocycles. The quantitative estimate of drug-likeness (QED) is 0.782. The highest BCUT2D eigenvalue weighted by atomic mass is 16.5. The van der Waals surface area contributed by atoms with Gasteiger partial charge in [0.25, 0.3) is 11.8 Å². The summed E-state index contributed by atoms with van der Waals surface area (Å²) in [6, 6.07) is 12.3. The zero-order valence-corrected chi connectivity index (χ0v) is 14.7. The number of nitrogens with one attached hydrogen (secondary N) is 2. The first-order chi connectivity index (χ1) is 12.6. The highest BCUT2D eigenvalue weighted by Crippen LogP contribution is 2.13. The van der Waals surface area contributed by atoms with Gasteiger partial charge in [0.05, 0.1) is 6.10 Å². The molecule has 0 radical (unpaired) electrons. The number of rotatable bonds is 6. The van der Waals surface area contributed by atoms with Crippen LogP contribution in [-0.4, -0.2) is 31.1 Å². The summed E-state index contributed by atoms with van der Waals surface area (Å²) in [5.41, 5.74) is 0.604. The van der Waals surface area contributed by atoms with E-state index in [2.05, 4.69) is 10.6 Å². The summed E-state index contributed by atoms with van der Waals surface area (Å²) in [6.45, 7) is 2.95. The minimum Gasteiger partial charge on any atom is -0.462 e. The summed E-state index contributed by atoms with van der Waals surface area (Å²) >= 11 is 0. The fourth-order valence-electron chi connectivity index (χ4n) is 2.72. The lowest BCUT2D eigenvalue weighted by Gasteiger charge is -2.13. The van der Waals surface area contributed by atoms with Gasteiger partial charge in [-0.15, -0.1) is 0 Å². The minimum atomic E-state index is -0.376. The molecule has 1 aliphatic heterocycles. The maximum absolute atomic E-state index is 12.6. The van der Waals surface area contributed by atoms with Gasteiger partial charge >= 0.3 is 0 Å². The molecule has 1 fully saturated rings. The van der Waals surface area contributed by atoms with Crippen molar-refractivity contribution in [1.82, 2.24) is 10.6 Å². The van der Waals surface area contributed by atoms with E-state index in [1.807, 2.05) is 13.0 Å². The fourth-order valence-corrected chi connectivity index (χ4v) is 2.72. The predicted octanol–water partition coefficient (Wildman–Crippen LogP) is 2.65. The smallest absolute Gasteiger partial charge is 0.268 e. The van der Waals surface area contributed by atoms with Crippen LogP contribution in [0, 0.1) is 6.92 Å². The van der Waals surface area contributed by atoms with Gasteiger partial charge in [-0.2, -0.15) is 0 Å².